The van der Waals surface area contributed by atoms with Crippen LogP contribution in [-0.4, -0.2) is 50.7 Å². The molecular weight excluding hydrogens is 332 g/mol. The zero-order chi connectivity index (χ0) is 17.1. The third kappa shape index (κ3) is 3.75. The first-order chi connectivity index (χ1) is 12.3. The Morgan fingerprint density at radius 3 is 2.88 bits per heavy atom. The number of carbonyl (C=O) groups excluding carboxylic acids is 1. The molecule has 0 radical (unpaired) electrons. The molecule has 4 rings (SSSR count). The van der Waals surface area contributed by atoms with Crippen LogP contribution in [0.25, 0.3) is 5.69 Å². The van der Waals surface area contributed by atoms with Crippen molar-refractivity contribution in [2.24, 2.45) is 0 Å². The average Bonchev–Trinajstić information content (AvgIpc) is 3.34. The summed E-state index contributed by atoms with van der Waals surface area (Å²) in [7, 11) is 0. The van der Waals surface area contributed by atoms with E-state index in [4.69, 9.17) is 0 Å². The molecule has 0 spiro atoms. The van der Waals surface area contributed by atoms with Crippen LogP contribution in [0.3, 0.4) is 0 Å². The van der Waals surface area contributed by atoms with Gasteiger partial charge in [0, 0.05) is 24.1 Å². The zero-order valence-corrected chi connectivity index (χ0v) is 15.1. The van der Waals surface area contributed by atoms with Gasteiger partial charge >= 0.3 is 0 Å². The molecule has 0 saturated carbocycles. The van der Waals surface area contributed by atoms with Crippen LogP contribution in [0.5, 0.6) is 0 Å². The fourth-order valence-electron chi connectivity index (χ4n) is 3.90. The number of nitrogens with zero attached hydrogens (tertiary/aromatic N) is 3. The summed E-state index contributed by atoms with van der Waals surface area (Å²) in [6.07, 6.45) is 8.17. The van der Waals surface area contributed by atoms with Crippen molar-refractivity contribution >= 4 is 23.4 Å². The van der Waals surface area contributed by atoms with E-state index in [0.29, 0.717) is 6.04 Å². The van der Waals surface area contributed by atoms with E-state index in [9.17, 15) is 4.79 Å². The van der Waals surface area contributed by atoms with Gasteiger partial charge in [0.2, 0.25) is 5.91 Å². The van der Waals surface area contributed by atoms with Crippen molar-refractivity contribution in [2.45, 2.75) is 37.8 Å². The molecule has 132 valence electrons. The highest BCUT2D eigenvalue weighted by atomic mass is 32.2. The topological polar surface area (TPSA) is 50.2 Å². The summed E-state index contributed by atoms with van der Waals surface area (Å²) in [6, 6.07) is 10.4. The van der Waals surface area contributed by atoms with Crippen LogP contribution in [0.1, 0.15) is 25.7 Å². The fraction of sp³-hybridized carbons (Fsp3) is 0.474. The number of nitrogens with one attached hydrogen (secondary N) is 1. The van der Waals surface area contributed by atoms with E-state index < -0.39 is 0 Å². The Hall–Kier alpha value is -1.79. The van der Waals surface area contributed by atoms with Crippen LogP contribution < -0.4 is 5.32 Å². The van der Waals surface area contributed by atoms with E-state index in [0.717, 1.165) is 30.8 Å². The van der Waals surface area contributed by atoms with E-state index in [1.807, 2.05) is 48.3 Å². The monoisotopic (exact) mass is 356 g/mol. The molecule has 2 aliphatic heterocycles. The zero-order valence-electron chi connectivity index (χ0n) is 14.3. The van der Waals surface area contributed by atoms with Crippen molar-refractivity contribution in [3.63, 3.8) is 0 Å². The van der Waals surface area contributed by atoms with E-state index in [1.165, 1.54) is 24.3 Å². The lowest BCUT2D eigenvalue weighted by Gasteiger charge is -2.34. The van der Waals surface area contributed by atoms with E-state index in [2.05, 4.69) is 15.3 Å². The van der Waals surface area contributed by atoms with Crippen molar-refractivity contribution in [3.05, 3.63) is 42.7 Å². The quantitative estimate of drug-likeness (QED) is 0.914. The summed E-state index contributed by atoms with van der Waals surface area (Å²) >= 11 is 2.03. The minimum absolute atomic E-state index is 0.0152. The minimum Gasteiger partial charge on any atom is -0.325 e. The maximum absolute atomic E-state index is 12.9. The number of likely N-dealkylation sites (tertiary alicyclic amines) is 1. The summed E-state index contributed by atoms with van der Waals surface area (Å²) < 4.78 is 1.80. The molecule has 2 fully saturated rings. The van der Waals surface area contributed by atoms with Crippen LogP contribution in [0.4, 0.5) is 5.69 Å². The molecule has 2 saturated heterocycles. The number of hydrogen-bond acceptors (Lipinski definition) is 4. The van der Waals surface area contributed by atoms with Crippen LogP contribution in [0.2, 0.25) is 0 Å². The lowest BCUT2D eigenvalue weighted by molar-refractivity contribution is -0.121. The molecule has 2 aliphatic rings. The SMILES string of the molecule is O=C(Nc1cccc(-n2cccn2)c1)[C@@H]1CCCN1C1CCSCC1. The second-order valence-electron chi connectivity index (χ2n) is 6.73. The van der Waals surface area contributed by atoms with Gasteiger partial charge in [-0.25, -0.2) is 4.68 Å². The molecule has 3 heterocycles. The summed E-state index contributed by atoms with van der Waals surface area (Å²) in [5, 5.41) is 7.38. The molecule has 1 aromatic carbocycles. The number of amides is 1. The van der Waals surface area contributed by atoms with Crippen LogP contribution >= 0.6 is 11.8 Å². The van der Waals surface area contributed by atoms with Crippen molar-refractivity contribution in [1.82, 2.24) is 14.7 Å². The van der Waals surface area contributed by atoms with Crippen molar-refractivity contribution in [3.8, 4) is 5.69 Å². The Bertz CT molecular complexity index is 712. The normalized spacial score (nSPS) is 22.2. The predicted molar refractivity (Wildman–Crippen MR) is 102 cm³/mol. The number of aromatic nitrogens is 2. The third-order valence-electron chi connectivity index (χ3n) is 5.14. The van der Waals surface area contributed by atoms with Crippen molar-refractivity contribution in [1.29, 1.82) is 0 Å². The lowest BCUT2D eigenvalue weighted by Crippen LogP contribution is -2.46. The van der Waals surface area contributed by atoms with Crippen LogP contribution in [0.15, 0.2) is 42.7 Å². The maximum Gasteiger partial charge on any atom is 0.241 e. The summed E-state index contributed by atoms with van der Waals surface area (Å²) in [5.41, 5.74) is 1.79. The lowest BCUT2D eigenvalue weighted by atomic mass is 10.1. The van der Waals surface area contributed by atoms with E-state index in [-0.39, 0.29) is 11.9 Å². The summed E-state index contributed by atoms with van der Waals surface area (Å²) in [5.74, 6) is 2.58. The number of hydrogen-bond donors (Lipinski definition) is 1. The number of rotatable bonds is 4. The summed E-state index contributed by atoms with van der Waals surface area (Å²) in [6.45, 7) is 1.06. The Labute approximate surface area is 152 Å². The Morgan fingerprint density at radius 2 is 2.08 bits per heavy atom. The van der Waals surface area contributed by atoms with Crippen molar-refractivity contribution < 1.29 is 4.79 Å². The van der Waals surface area contributed by atoms with Gasteiger partial charge in [0.25, 0.3) is 0 Å². The minimum atomic E-state index is 0.0152. The second kappa shape index (κ2) is 7.62. The molecule has 1 aromatic heterocycles. The first kappa shape index (κ1) is 16.7. The smallest absolute Gasteiger partial charge is 0.241 e. The fourth-order valence-corrected chi connectivity index (χ4v) is 4.98. The van der Waals surface area contributed by atoms with E-state index in [1.54, 1.807) is 10.9 Å². The Morgan fingerprint density at radius 1 is 1.20 bits per heavy atom. The molecule has 0 aliphatic carbocycles. The van der Waals surface area contributed by atoms with Gasteiger partial charge in [0.05, 0.1) is 11.7 Å². The highest BCUT2D eigenvalue weighted by Gasteiger charge is 2.35. The molecule has 1 atom stereocenters. The molecule has 6 heteroatoms. The standard InChI is InChI=1S/C19H24N4OS/c24-19(18-6-2-10-22(18)16-7-12-25-13-8-16)21-15-4-1-5-17(14-15)23-11-3-9-20-23/h1,3-5,9,11,14,16,18H,2,6-8,10,12-13H2,(H,21,24)/t18-/m0/s1. The number of anilines is 1. The van der Waals surface area contributed by atoms with Crippen LogP contribution in [0, 0.1) is 0 Å². The molecule has 1 N–H and O–H groups in total. The first-order valence-corrected chi connectivity index (χ1v) is 10.2. The highest BCUT2D eigenvalue weighted by Crippen LogP contribution is 2.29. The molecule has 1 amide bonds. The number of benzene rings is 1. The van der Waals surface area contributed by atoms with E-state index >= 15 is 0 Å². The Kier molecular flexibility index (Phi) is 5.08. The van der Waals surface area contributed by atoms with Crippen LogP contribution in [-0.2, 0) is 4.79 Å². The second-order valence-corrected chi connectivity index (χ2v) is 7.95. The van der Waals surface area contributed by atoms with Gasteiger partial charge in [0.1, 0.15) is 0 Å². The average molecular weight is 356 g/mol. The van der Waals surface area contributed by atoms with Gasteiger partial charge in [0.15, 0.2) is 0 Å². The molecule has 25 heavy (non-hydrogen) atoms. The molecular formula is C19H24N4OS. The van der Waals surface area contributed by atoms with Gasteiger partial charge in [-0.1, -0.05) is 6.07 Å². The third-order valence-corrected chi connectivity index (χ3v) is 6.19. The highest BCUT2D eigenvalue weighted by molar-refractivity contribution is 7.99. The molecule has 5 nitrogen and oxygen atoms in total. The van der Waals surface area contributed by atoms with Gasteiger partial charge in [-0.15, -0.1) is 0 Å². The summed E-state index contributed by atoms with van der Waals surface area (Å²) in [4.78, 5) is 15.3. The number of carbonyl (C=O) groups is 1. The largest absolute Gasteiger partial charge is 0.325 e. The number of thioether (sulfide) groups is 1. The molecule has 0 unspecified atom stereocenters. The molecule has 0 bridgehead atoms. The van der Waals surface area contributed by atoms with Gasteiger partial charge in [-0.05, 0) is 68.0 Å². The Balaban J connectivity index is 1.45. The maximum atomic E-state index is 12.9. The van der Waals surface area contributed by atoms with Gasteiger partial charge < -0.3 is 5.32 Å². The first-order valence-electron chi connectivity index (χ1n) is 9.06. The molecule has 2 aromatic rings. The van der Waals surface area contributed by atoms with Gasteiger partial charge in [-0.3, -0.25) is 9.69 Å². The van der Waals surface area contributed by atoms with Crippen molar-refractivity contribution in [2.75, 3.05) is 23.4 Å². The van der Waals surface area contributed by atoms with Gasteiger partial charge in [-0.2, -0.15) is 16.9 Å². The predicted octanol–water partition coefficient (Wildman–Crippen LogP) is 3.17.